The predicted octanol–water partition coefficient (Wildman–Crippen LogP) is 1.13. The Balaban J connectivity index is 1.92. The highest BCUT2D eigenvalue weighted by Crippen LogP contribution is 2.17. The molecule has 1 aliphatic heterocycles. The van der Waals surface area contributed by atoms with Crippen LogP contribution in [-0.4, -0.2) is 27.7 Å². The van der Waals surface area contributed by atoms with Gasteiger partial charge in [-0.25, -0.2) is 9.50 Å². The summed E-state index contributed by atoms with van der Waals surface area (Å²) in [5, 5.41) is 6.33. The molecule has 2 N–H and O–H groups in total. The Morgan fingerprint density at radius 3 is 2.95 bits per heavy atom. The monoisotopic (exact) mass is 260 g/mol. The highest BCUT2D eigenvalue weighted by atomic mass is 16.1. The van der Waals surface area contributed by atoms with Gasteiger partial charge in [-0.2, -0.15) is 0 Å². The van der Waals surface area contributed by atoms with Crippen molar-refractivity contribution in [2.45, 2.75) is 32.6 Å². The highest BCUT2D eigenvalue weighted by molar-refractivity contribution is 5.46. The lowest BCUT2D eigenvalue weighted by Crippen LogP contribution is -2.29. The van der Waals surface area contributed by atoms with Gasteiger partial charge in [0.1, 0.15) is 0 Å². The second kappa shape index (κ2) is 5.17. The van der Waals surface area contributed by atoms with Crippen molar-refractivity contribution in [2.75, 3.05) is 13.1 Å². The van der Waals surface area contributed by atoms with Gasteiger partial charge in [0, 0.05) is 23.5 Å². The molecule has 0 saturated carbocycles. The van der Waals surface area contributed by atoms with E-state index in [1.54, 1.807) is 6.07 Å². The Kier molecular flexibility index (Phi) is 3.38. The molecule has 19 heavy (non-hydrogen) atoms. The summed E-state index contributed by atoms with van der Waals surface area (Å²) < 4.78 is 1.53. The van der Waals surface area contributed by atoms with E-state index in [2.05, 4.69) is 22.3 Å². The Morgan fingerprint density at radius 2 is 2.21 bits per heavy atom. The third kappa shape index (κ3) is 2.42. The van der Waals surface area contributed by atoms with Crippen LogP contribution in [0.15, 0.2) is 17.1 Å². The first-order valence-corrected chi connectivity index (χ1v) is 7.07. The molecule has 3 rings (SSSR count). The van der Waals surface area contributed by atoms with E-state index in [1.807, 2.05) is 6.20 Å². The zero-order valence-electron chi connectivity index (χ0n) is 11.3. The molecule has 1 aliphatic rings. The Bertz CT molecular complexity index is 622. The molecular weight excluding hydrogens is 240 g/mol. The lowest BCUT2D eigenvalue weighted by molar-refractivity contribution is 0.370. The van der Waals surface area contributed by atoms with E-state index < -0.39 is 0 Å². The molecule has 5 heteroatoms. The SMILES string of the molecule is CCc1c[nH]n2c(=O)cc(CC3CCNCC3)nc12. The van der Waals surface area contributed by atoms with Crippen LogP contribution in [0.25, 0.3) is 5.65 Å². The van der Waals surface area contributed by atoms with Crippen LogP contribution in [0.1, 0.15) is 31.0 Å². The summed E-state index contributed by atoms with van der Waals surface area (Å²) in [6.07, 6.45) is 6.03. The summed E-state index contributed by atoms with van der Waals surface area (Å²) in [5.41, 5.74) is 2.82. The van der Waals surface area contributed by atoms with Gasteiger partial charge in [-0.05, 0) is 44.7 Å². The number of hydrogen-bond donors (Lipinski definition) is 2. The van der Waals surface area contributed by atoms with Crippen molar-refractivity contribution in [3.63, 3.8) is 0 Å². The normalized spacial score (nSPS) is 17.1. The molecule has 0 spiro atoms. The topological polar surface area (TPSA) is 62.2 Å². The number of H-pyrrole nitrogens is 1. The maximum Gasteiger partial charge on any atom is 0.272 e. The zero-order chi connectivity index (χ0) is 13.2. The van der Waals surface area contributed by atoms with Crippen molar-refractivity contribution in [3.8, 4) is 0 Å². The van der Waals surface area contributed by atoms with E-state index in [0.29, 0.717) is 5.92 Å². The maximum atomic E-state index is 12.0. The molecule has 0 unspecified atom stereocenters. The maximum absolute atomic E-state index is 12.0. The number of piperidine rings is 1. The molecule has 2 aromatic heterocycles. The molecule has 1 saturated heterocycles. The second-order valence-corrected chi connectivity index (χ2v) is 5.29. The van der Waals surface area contributed by atoms with Crippen LogP contribution in [0.5, 0.6) is 0 Å². The van der Waals surface area contributed by atoms with E-state index in [9.17, 15) is 4.79 Å². The molecule has 0 atom stereocenters. The number of fused-ring (bicyclic) bond motifs is 1. The number of aryl methyl sites for hydroxylation is 1. The first-order chi connectivity index (χ1) is 9.28. The average molecular weight is 260 g/mol. The summed E-state index contributed by atoms with van der Waals surface area (Å²) >= 11 is 0. The summed E-state index contributed by atoms with van der Waals surface area (Å²) in [6, 6.07) is 1.67. The van der Waals surface area contributed by atoms with Crippen LogP contribution in [0.4, 0.5) is 0 Å². The molecule has 102 valence electrons. The van der Waals surface area contributed by atoms with Crippen molar-refractivity contribution >= 4 is 5.65 Å². The number of aromatic nitrogens is 3. The van der Waals surface area contributed by atoms with Gasteiger partial charge in [0.25, 0.3) is 5.56 Å². The number of nitrogens with zero attached hydrogens (tertiary/aromatic N) is 2. The predicted molar refractivity (Wildman–Crippen MR) is 74.5 cm³/mol. The molecular formula is C14H20N4O. The molecule has 1 fully saturated rings. The van der Waals surface area contributed by atoms with Crippen LogP contribution < -0.4 is 10.9 Å². The summed E-state index contributed by atoms with van der Waals surface area (Å²) in [4.78, 5) is 16.7. The van der Waals surface area contributed by atoms with Crippen molar-refractivity contribution < 1.29 is 0 Å². The first kappa shape index (κ1) is 12.4. The summed E-state index contributed by atoms with van der Waals surface area (Å²) in [5.74, 6) is 0.652. The fourth-order valence-corrected chi connectivity index (χ4v) is 2.82. The molecule has 0 aliphatic carbocycles. The number of hydrogen-bond acceptors (Lipinski definition) is 3. The van der Waals surface area contributed by atoms with E-state index in [4.69, 9.17) is 0 Å². The van der Waals surface area contributed by atoms with Crippen LogP contribution in [0, 0.1) is 5.92 Å². The minimum absolute atomic E-state index is 0.00589. The van der Waals surface area contributed by atoms with E-state index in [1.165, 1.54) is 17.4 Å². The van der Waals surface area contributed by atoms with Crippen molar-refractivity contribution in [1.82, 2.24) is 19.9 Å². The first-order valence-electron chi connectivity index (χ1n) is 7.07. The quantitative estimate of drug-likeness (QED) is 0.869. The van der Waals surface area contributed by atoms with Crippen molar-refractivity contribution in [2.24, 2.45) is 5.92 Å². The second-order valence-electron chi connectivity index (χ2n) is 5.29. The van der Waals surface area contributed by atoms with Crippen molar-refractivity contribution in [3.05, 3.63) is 33.9 Å². The minimum atomic E-state index is -0.00589. The molecule has 0 radical (unpaired) electrons. The molecule has 0 bridgehead atoms. The van der Waals surface area contributed by atoms with E-state index >= 15 is 0 Å². The summed E-state index contributed by atoms with van der Waals surface area (Å²) in [6.45, 7) is 4.24. The Hall–Kier alpha value is -1.62. The average Bonchev–Trinajstić information content (AvgIpc) is 2.83. The number of aromatic amines is 1. The van der Waals surface area contributed by atoms with Crippen molar-refractivity contribution in [1.29, 1.82) is 0 Å². The molecule has 5 nitrogen and oxygen atoms in total. The third-order valence-electron chi connectivity index (χ3n) is 3.96. The largest absolute Gasteiger partial charge is 0.317 e. The minimum Gasteiger partial charge on any atom is -0.317 e. The number of rotatable bonds is 3. The lowest BCUT2D eigenvalue weighted by Gasteiger charge is -2.22. The van der Waals surface area contributed by atoms with Gasteiger partial charge in [-0.1, -0.05) is 6.92 Å². The van der Waals surface area contributed by atoms with Gasteiger partial charge < -0.3 is 5.32 Å². The lowest BCUT2D eigenvalue weighted by atomic mass is 9.93. The van der Waals surface area contributed by atoms with Crippen LogP contribution in [-0.2, 0) is 12.8 Å². The zero-order valence-corrected chi connectivity index (χ0v) is 11.3. The van der Waals surface area contributed by atoms with Gasteiger partial charge in [-0.15, -0.1) is 0 Å². The van der Waals surface area contributed by atoms with Gasteiger partial charge in [-0.3, -0.25) is 9.89 Å². The molecule has 2 aromatic rings. The fraction of sp³-hybridized carbons (Fsp3) is 0.571. The smallest absolute Gasteiger partial charge is 0.272 e. The standard InChI is InChI=1S/C14H20N4O/c1-2-11-9-16-18-13(19)8-12(17-14(11)18)7-10-3-5-15-6-4-10/h8-10,15-16H,2-7H2,1H3. The number of nitrogens with one attached hydrogen (secondary N) is 2. The molecule has 0 amide bonds. The van der Waals surface area contributed by atoms with Crippen LogP contribution in [0.2, 0.25) is 0 Å². The molecule has 0 aromatic carbocycles. The summed E-state index contributed by atoms with van der Waals surface area (Å²) in [7, 11) is 0. The van der Waals surface area contributed by atoms with E-state index in [0.717, 1.165) is 42.8 Å². The van der Waals surface area contributed by atoms with Gasteiger partial charge in [0.15, 0.2) is 5.65 Å². The van der Waals surface area contributed by atoms with Crippen LogP contribution in [0.3, 0.4) is 0 Å². The molecule has 3 heterocycles. The third-order valence-corrected chi connectivity index (χ3v) is 3.96. The fourth-order valence-electron chi connectivity index (χ4n) is 2.82. The Labute approximate surface area is 112 Å². The van der Waals surface area contributed by atoms with Gasteiger partial charge >= 0.3 is 0 Å². The van der Waals surface area contributed by atoms with Gasteiger partial charge in [0.05, 0.1) is 0 Å². The Morgan fingerprint density at radius 1 is 1.42 bits per heavy atom. The van der Waals surface area contributed by atoms with Gasteiger partial charge in [0.2, 0.25) is 0 Å². The highest BCUT2D eigenvalue weighted by Gasteiger charge is 2.16. The van der Waals surface area contributed by atoms with E-state index in [-0.39, 0.29) is 5.56 Å². The van der Waals surface area contributed by atoms with Crippen LogP contribution >= 0.6 is 0 Å².